The van der Waals surface area contributed by atoms with Crippen molar-refractivity contribution in [1.82, 2.24) is 0 Å². The summed E-state index contributed by atoms with van der Waals surface area (Å²) in [6.45, 7) is 4.34. The number of aryl methyl sites for hydroxylation is 6. The van der Waals surface area contributed by atoms with Crippen molar-refractivity contribution in [3.05, 3.63) is 73.7 Å². The van der Waals surface area contributed by atoms with Gasteiger partial charge < -0.3 is 0 Å². The first-order chi connectivity index (χ1) is 16.5. The Balaban J connectivity index is 1.46. The second kappa shape index (κ2) is 8.33. The molecule has 2 aliphatic carbocycles. The number of rotatable bonds is 4. The van der Waals surface area contributed by atoms with Gasteiger partial charge in [0.15, 0.2) is 0 Å². The van der Waals surface area contributed by atoms with Crippen LogP contribution in [0, 0.1) is 13.8 Å². The van der Waals surface area contributed by atoms with Crippen LogP contribution in [-0.4, -0.2) is 0 Å². The molecule has 0 N–H and O–H groups in total. The summed E-state index contributed by atoms with van der Waals surface area (Å²) in [6.07, 6.45) is 9.49. The summed E-state index contributed by atoms with van der Waals surface area (Å²) in [6, 6.07) is 4.92. The standard InChI is InChI=1S/C28H24Cl2S4/c1-13-25(29)23-19(11-17-9-15-5-3-7-21(15)33-17)28-24(26(30)14(2)32-28)20(27(23)31-13)12-18-10-16-6-4-8-22(16)34-18/h9-10H,3-8,11-12H2,1-2H3. The van der Waals surface area contributed by atoms with Gasteiger partial charge in [0, 0.05) is 62.3 Å². The van der Waals surface area contributed by atoms with Crippen LogP contribution in [0.25, 0.3) is 20.2 Å². The molecule has 5 aromatic rings. The van der Waals surface area contributed by atoms with Crippen LogP contribution in [0.4, 0.5) is 0 Å². The number of halogens is 2. The molecule has 4 aromatic heterocycles. The number of fused-ring (bicyclic) bond motifs is 4. The molecule has 0 nitrogen and oxygen atoms in total. The lowest BCUT2D eigenvalue weighted by molar-refractivity contribution is 0.913. The van der Waals surface area contributed by atoms with Crippen LogP contribution in [0.2, 0.25) is 10.0 Å². The van der Waals surface area contributed by atoms with Crippen molar-refractivity contribution in [2.75, 3.05) is 0 Å². The van der Waals surface area contributed by atoms with E-state index in [2.05, 4.69) is 26.0 Å². The van der Waals surface area contributed by atoms with Gasteiger partial charge in [0.2, 0.25) is 0 Å². The normalized spacial score (nSPS) is 15.2. The number of hydrogen-bond acceptors (Lipinski definition) is 4. The molecule has 6 heteroatoms. The van der Waals surface area contributed by atoms with Gasteiger partial charge in [-0.25, -0.2) is 0 Å². The van der Waals surface area contributed by atoms with Gasteiger partial charge in [-0.3, -0.25) is 0 Å². The van der Waals surface area contributed by atoms with Crippen molar-refractivity contribution in [2.24, 2.45) is 0 Å². The summed E-state index contributed by atoms with van der Waals surface area (Å²) >= 11 is 21.9. The quantitative estimate of drug-likeness (QED) is 0.205. The van der Waals surface area contributed by atoms with E-state index in [9.17, 15) is 0 Å². The van der Waals surface area contributed by atoms with E-state index in [1.165, 1.54) is 89.3 Å². The molecule has 0 fully saturated rings. The molecule has 0 saturated heterocycles. The van der Waals surface area contributed by atoms with Gasteiger partial charge in [-0.2, -0.15) is 0 Å². The summed E-state index contributed by atoms with van der Waals surface area (Å²) in [7, 11) is 0. The Hall–Kier alpha value is -0.880. The second-order valence-electron chi connectivity index (χ2n) is 9.69. The summed E-state index contributed by atoms with van der Waals surface area (Å²) in [5.41, 5.74) is 5.92. The maximum Gasteiger partial charge on any atom is 0.0624 e. The first kappa shape index (κ1) is 22.3. The van der Waals surface area contributed by atoms with Gasteiger partial charge in [-0.1, -0.05) is 23.2 Å². The average Bonchev–Trinajstić information content (AvgIpc) is 3.60. The molecule has 4 heterocycles. The lowest BCUT2D eigenvalue weighted by atomic mass is 9.96. The zero-order valence-electron chi connectivity index (χ0n) is 19.2. The molecule has 2 aliphatic rings. The Labute approximate surface area is 226 Å². The maximum atomic E-state index is 7.06. The minimum Gasteiger partial charge on any atom is -0.145 e. The number of hydrogen-bond donors (Lipinski definition) is 0. The summed E-state index contributed by atoms with van der Waals surface area (Å²) < 4.78 is 2.70. The van der Waals surface area contributed by atoms with E-state index in [1.807, 2.05) is 45.3 Å². The van der Waals surface area contributed by atoms with Gasteiger partial charge in [0.05, 0.1) is 10.0 Å². The van der Waals surface area contributed by atoms with Gasteiger partial charge in [-0.15, -0.1) is 45.3 Å². The third kappa shape index (κ3) is 3.40. The van der Waals surface area contributed by atoms with Gasteiger partial charge >= 0.3 is 0 Å². The number of benzene rings is 1. The number of thiophene rings is 4. The predicted octanol–water partition coefficient (Wildman–Crippen LogP) is 10.3. The van der Waals surface area contributed by atoms with Crippen LogP contribution in [0.1, 0.15) is 64.4 Å². The highest BCUT2D eigenvalue weighted by molar-refractivity contribution is 7.22. The average molecular weight is 560 g/mol. The fraction of sp³-hybridized carbons (Fsp3) is 0.357. The van der Waals surface area contributed by atoms with Gasteiger partial charge in [0.1, 0.15) is 0 Å². The fourth-order valence-electron chi connectivity index (χ4n) is 5.88. The highest BCUT2D eigenvalue weighted by Crippen LogP contribution is 2.50. The van der Waals surface area contributed by atoms with Crippen molar-refractivity contribution in [1.29, 1.82) is 0 Å². The van der Waals surface area contributed by atoms with Crippen molar-refractivity contribution in [3.63, 3.8) is 0 Å². The van der Waals surface area contributed by atoms with E-state index in [0.29, 0.717) is 0 Å². The Morgan fingerprint density at radius 1 is 0.647 bits per heavy atom. The second-order valence-corrected chi connectivity index (χ2v) is 15.3. The van der Waals surface area contributed by atoms with Gasteiger partial charge in [-0.05, 0) is 86.8 Å². The Morgan fingerprint density at radius 3 is 1.50 bits per heavy atom. The first-order valence-electron chi connectivity index (χ1n) is 12.0. The Morgan fingerprint density at radius 2 is 1.09 bits per heavy atom. The minimum atomic E-state index is 0.943. The third-order valence-corrected chi connectivity index (χ3v) is 13.4. The fourth-order valence-corrected chi connectivity index (χ4v) is 11.4. The molecular weight excluding hydrogens is 535 g/mol. The maximum absolute atomic E-state index is 7.06. The molecule has 7 rings (SSSR count). The van der Waals surface area contributed by atoms with Crippen LogP contribution in [0.3, 0.4) is 0 Å². The molecule has 0 aliphatic heterocycles. The molecule has 0 spiro atoms. The molecule has 0 saturated carbocycles. The summed E-state index contributed by atoms with van der Waals surface area (Å²) in [5.74, 6) is 0. The highest BCUT2D eigenvalue weighted by atomic mass is 35.5. The first-order valence-corrected chi connectivity index (χ1v) is 16.0. The zero-order valence-corrected chi connectivity index (χ0v) is 24.0. The smallest absolute Gasteiger partial charge is 0.0624 e. The monoisotopic (exact) mass is 558 g/mol. The topological polar surface area (TPSA) is 0 Å². The molecule has 0 bridgehead atoms. The molecule has 0 radical (unpaired) electrons. The van der Waals surface area contributed by atoms with E-state index in [4.69, 9.17) is 23.2 Å². The largest absolute Gasteiger partial charge is 0.145 e. The predicted molar refractivity (Wildman–Crippen MR) is 155 cm³/mol. The Bertz CT molecular complexity index is 1440. The minimum absolute atomic E-state index is 0.943. The van der Waals surface area contributed by atoms with Crippen LogP contribution in [-0.2, 0) is 38.5 Å². The van der Waals surface area contributed by atoms with E-state index >= 15 is 0 Å². The molecule has 174 valence electrons. The molecular formula is C28H24Cl2S4. The molecule has 1 aromatic carbocycles. The molecule has 34 heavy (non-hydrogen) atoms. The van der Waals surface area contributed by atoms with Crippen molar-refractivity contribution >= 4 is 88.7 Å². The zero-order chi connectivity index (χ0) is 23.1. The molecule has 0 amide bonds. The van der Waals surface area contributed by atoms with E-state index in [0.717, 1.165) is 22.9 Å². The third-order valence-electron chi connectivity index (χ3n) is 7.47. The van der Waals surface area contributed by atoms with E-state index < -0.39 is 0 Å². The van der Waals surface area contributed by atoms with Crippen molar-refractivity contribution in [3.8, 4) is 0 Å². The lowest BCUT2D eigenvalue weighted by Crippen LogP contribution is -1.94. The van der Waals surface area contributed by atoms with Crippen LogP contribution in [0.15, 0.2) is 12.1 Å². The van der Waals surface area contributed by atoms with E-state index in [-0.39, 0.29) is 0 Å². The molecule has 0 atom stereocenters. The lowest BCUT2D eigenvalue weighted by Gasteiger charge is -2.12. The van der Waals surface area contributed by atoms with Crippen molar-refractivity contribution in [2.45, 2.75) is 65.2 Å². The summed E-state index contributed by atoms with van der Waals surface area (Å²) in [5, 5.41) is 4.45. The summed E-state index contributed by atoms with van der Waals surface area (Å²) in [4.78, 5) is 8.56. The molecule has 0 unspecified atom stereocenters. The van der Waals surface area contributed by atoms with Gasteiger partial charge in [0.25, 0.3) is 0 Å². The highest BCUT2D eigenvalue weighted by Gasteiger charge is 2.26. The Kier molecular flexibility index (Phi) is 5.47. The van der Waals surface area contributed by atoms with Crippen LogP contribution < -0.4 is 0 Å². The SMILES string of the molecule is Cc1sc2c(Cc3cc4c(s3)CCC4)c3c(Cl)c(C)sc3c(Cc3cc4c(s3)CCC4)c2c1Cl. The van der Waals surface area contributed by atoms with Crippen LogP contribution in [0.5, 0.6) is 0 Å². The van der Waals surface area contributed by atoms with Crippen LogP contribution >= 0.6 is 68.5 Å². The van der Waals surface area contributed by atoms with Crippen molar-refractivity contribution < 1.29 is 0 Å². The van der Waals surface area contributed by atoms with E-state index in [1.54, 1.807) is 20.9 Å².